The summed E-state index contributed by atoms with van der Waals surface area (Å²) in [5.74, 6) is 1.30. The molecule has 0 radical (unpaired) electrons. The largest absolute Gasteiger partial charge is 0.381 e. The fraction of sp³-hybridized carbons (Fsp3) is 0.714. The minimum atomic E-state index is 0.121. The molecule has 1 aromatic rings. The van der Waals surface area contributed by atoms with Crippen LogP contribution in [0.3, 0.4) is 0 Å². The van der Waals surface area contributed by atoms with E-state index in [-0.39, 0.29) is 5.54 Å². The maximum Gasteiger partial charge on any atom is 0.133 e. The quantitative estimate of drug-likeness (QED) is 0.892. The summed E-state index contributed by atoms with van der Waals surface area (Å²) >= 11 is 0. The number of nitrogens with one attached hydrogen (secondary N) is 1. The maximum atomic E-state index is 5.47. The molecule has 0 saturated carbocycles. The van der Waals surface area contributed by atoms with Crippen molar-refractivity contribution < 1.29 is 4.74 Å². The molecular weight excluding hydrogens is 226 g/mol. The average molecular weight is 249 g/mol. The molecule has 1 N–H and O–H groups in total. The first-order valence-electron chi connectivity index (χ1n) is 6.68. The number of hydrogen-bond donors (Lipinski definition) is 1. The number of hydrogen-bond acceptors (Lipinski definition) is 4. The van der Waals surface area contributed by atoms with Gasteiger partial charge in [0.25, 0.3) is 0 Å². The number of nitrogens with zero attached hydrogens (tertiary/aromatic N) is 2. The first-order chi connectivity index (χ1) is 8.54. The number of aromatic nitrogens is 2. The van der Waals surface area contributed by atoms with E-state index in [2.05, 4.69) is 36.1 Å². The zero-order valence-electron chi connectivity index (χ0n) is 11.6. The van der Waals surface area contributed by atoms with E-state index in [0.29, 0.717) is 5.92 Å². The van der Waals surface area contributed by atoms with Crippen LogP contribution >= 0.6 is 0 Å². The molecule has 2 rings (SSSR count). The van der Waals surface area contributed by atoms with E-state index in [0.717, 1.165) is 44.0 Å². The molecule has 0 amide bonds. The van der Waals surface area contributed by atoms with Crippen LogP contribution < -0.4 is 5.32 Å². The number of ether oxygens (including phenoxy) is 1. The van der Waals surface area contributed by atoms with Crippen LogP contribution in [0, 0.1) is 0 Å². The van der Waals surface area contributed by atoms with Gasteiger partial charge in [0.15, 0.2) is 0 Å². The van der Waals surface area contributed by atoms with Crippen LogP contribution in [0.4, 0.5) is 0 Å². The highest BCUT2D eigenvalue weighted by atomic mass is 16.5. The minimum absolute atomic E-state index is 0.121. The highest BCUT2D eigenvalue weighted by Crippen LogP contribution is 2.21. The standard InChI is InChI=1S/C14H23N3O/c1-14(2,3)17-9-11-7-15-13(16-8-11)12-5-4-6-18-10-12/h7-8,12,17H,4-6,9-10H2,1-3H3. The van der Waals surface area contributed by atoms with Gasteiger partial charge >= 0.3 is 0 Å². The SMILES string of the molecule is CC(C)(C)NCc1cnc(C2CCCOC2)nc1. The molecule has 0 aromatic carbocycles. The lowest BCUT2D eigenvalue weighted by molar-refractivity contribution is 0.0780. The summed E-state index contributed by atoms with van der Waals surface area (Å²) in [5, 5.41) is 3.43. The Morgan fingerprint density at radius 1 is 1.33 bits per heavy atom. The van der Waals surface area contributed by atoms with Crippen LogP contribution in [-0.4, -0.2) is 28.7 Å². The second-order valence-corrected chi connectivity index (χ2v) is 5.97. The van der Waals surface area contributed by atoms with E-state index in [1.165, 1.54) is 0 Å². The third-order valence-corrected chi connectivity index (χ3v) is 3.07. The van der Waals surface area contributed by atoms with Crippen molar-refractivity contribution in [2.75, 3.05) is 13.2 Å². The first-order valence-corrected chi connectivity index (χ1v) is 6.68. The fourth-order valence-corrected chi connectivity index (χ4v) is 1.98. The van der Waals surface area contributed by atoms with E-state index >= 15 is 0 Å². The van der Waals surface area contributed by atoms with Crippen molar-refractivity contribution in [2.24, 2.45) is 0 Å². The Morgan fingerprint density at radius 2 is 2.06 bits per heavy atom. The zero-order valence-corrected chi connectivity index (χ0v) is 11.6. The summed E-state index contributed by atoms with van der Waals surface area (Å²) in [6, 6.07) is 0. The van der Waals surface area contributed by atoms with Crippen LogP contribution in [0.5, 0.6) is 0 Å². The molecule has 0 bridgehead atoms. The lowest BCUT2D eigenvalue weighted by Gasteiger charge is -2.22. The summed E-state index contributed by atoms with van der Waals surface area (Å²) < 4.78 is 5.47. The van der Waals surface area contributed by atoms with Gasteiger partial charge in [0.1, 0.15) is 5.82 Å². The van der Waals surface area contributed by atoms with E-state index in [1.807, 2.05) is 12.4 Å². The summed E-state index contributed by atoms with van der Waals surface area (Å²) in [5.41, 5.74) is 1.25. The van der Waals surface area contributed by atoms with Crippen molar-refractivity contribution in [1.29, 1.82) is 0 Å². The molecule has 0 aliphatic carbocycles. The lowest BCUT2D eigenvalue weighted by Crippen LogP contribution is -2.35. The predicted octanol–water partition coefficient (Wildman–Crippen LogP) is 2.26. The van der Waals surface area contributed by atoms with Crippen molar-refractivity contribution in [3.05, 3.63) is 23.8 Å². The Labute approximate surface area is 109 Å². The van der Waals surface area contributed by atoms with Crippen LogP contribution in [0.25, 0.3) is 0 Å². The molecule has 1 fully saturated rings. The zero-order chi connectivity index (χ0) is 13.0. The molecule has 4 nitrogen and oxygen atoms in total. The van der Waals surface area contributed by atoms with Crippen LogP contribution in [0.1, 0.15) is 50.9 Å². The monoisotopic (exact) mass is 249 g/mol. The van der Waals surface area contributed by atoms with Crippen LogP contribution in [-0.2, 0) is 11.3 Å². The summed E-state index contributed by atoms with van der Waals surface area (Å²) in [6.07, 6.45) is 6.10. The Bertz CT molecular complexity index is 364. The first kappa shape index (κ1) is 13.4. The minimum Gasteiger partial charge on any atom is -0.381 e. The Kier molecular flexibility index (Phi) is 4.30. The molecule has 1 atom stereocenters. The Morgan fingerprint density at radius 3 is 2.61 bits per heavy atom. The van der Waals surface area contributed by atoms with Crippen LogP contribution in [0.2, 0.25) is 0 Å². The third-order valence-electron chi connectivity index (χ3n) is 3.07. The smallest absolute Gasteiger partial charge is 0.133 e. The highest BCUT2D eigenvalue weighted by molar-refractivity contribution is 5.08. The molecule has 18 heavy (non-hydrogen) atoms. The van der Waals surface area contributed by atoms with E-state index < -0.39 is 0 Å². The second kappa shape index (κ2) is 5.76. The van der Waals surface area contributed by atoms with Crippen molar-refractivity contribution in [2.45, 2.75) is 51.6 Å². The van der Waals surface area contributed by atoms with E-state index in [1.54, 1.807) is 0 Å². The maximum absolute atomic E-state index is 5.47. The third kappa shape index (κ3) is 4.03. The summed E-state index contributed by atoms with van der Waals surface area (Å²) in [7, 11) is 0. The van der Waals surface area contributed by atoms with Gasteiger partial charge in [-0.1, -0.05) is 0 Å². The van der Waals surface area contributed by atoms with Crippen molar-refractivity contribution in [3.63, 3.8) is 0 Å². The Balaban J connectivity index is 1.92. The van der Waals surface area contributed by atoms with Gasteiger partial charge in [-0.25, -0.2) is 9.97 Å². The molecule has 0 spiro atoms. The van der Waals surface area contributed by atoms with E-state index in [9.17, 15) is 0 Å². The van der Waals surface area contributed by atoms with E-state index in [4.69, 9.17) is 4.74 Å². The molecule has 4 heteroatoms. The average Bonchev–Trinajstić information content (AvgIpc) is 2.37. The normalized spacial score (nSPS) is 20.9. The van der Waals surface area contributed by atoms with Gasteiger partial charge in [0.05, 0.1) is 6.61 Å². The lowest BCUT2D eigenvalue weighted by atomic mass is 10.0. The van der Waals surface area contributed by atoms with Gasteiger partial charge in [0, 0.05) is 42.6 Å². The van der Waals surface area contributed by atoms with Gasteiger partial charge in [0.2, 0.25) is 0 Å². The topological polar surface area (TPSA) is 47.0 Å². The van der Waals surface area contributed by atoms with Gasteiger partial charge in [-0.3, -0.25) is 0 Å². The molecule has 100 valence electrons. The predicted molar refractivity (Wildman–Crippen MR) is 71.4 cm³/mol. The molecule has 1 aliphatic rings. The molecular formula is C14H23N3O. The number of rotatable bonds is 3. The van der Waals surface area contributed by atoms with Gasteiger partial charge in [-0.05, 0) is 33.6 Å². The molecule has 2 heterocycles. The van der Waals surface area contributed by atoms with Gasteiger partial charge in [-0.15, -0.1) is 0 Å². The van der Waals surface area contributed by atoms with Crippen LogP contribution in [0.15, 0.2) is 12.4 Å². The molecule has 1 saturated heterocycles. The molecule has 1 aromatic heterocycles. The van der Waals surface area contributed by atoms with Crippen molar-refractivity contribution >= 4 is 0 Å². The van der Waals surface area contributed by atoms with Gasteiger partial charge < -0.3 is 10.1 Å². The summed E-state index contributed by atoms with van der Waals surface area (Å²) in [4.78, 5) is 8.94. The molecule has 1 aliphatic heterocycles. The Hall–Kier alpha value is -1.00. The molecule has 1 unspecified atom stereocenters. The second-order valence-electron chi connectivity index (χ2n) is 5.97. The van der Waals surface area contributed by atoms with Crippen molar-refractivity contribution in [3.8, 4) is 0 Å². The highest BCUT2D eigenvalue weighted by Gasteiger charge is 2.18. The van der Waals surface area contributed by atoms with Crippen molar-refractivity contribution in [1.82, 2.24) is 15.3 Å². The summed E-state index contributed by atoms with van der Waals surface area (Å²) in [6.45, 7) is 8.92. The fourth-order valence-electron chi connectivity index (χ4n) is 1.98. The van der Waals surface area contributed by atoms with Gasteiger partial charge in [-0.2, -0.15) is 0 Å².